The third-order valence-corrected chi connectivity index (χ3v) is 30.5. The van der Waals surface area contributed by atoms with E-state index in [-0.39, 0.29) is 106 Å². The topological polar surface area (TPSA) is 681 Å². The number of aryl methyl sites for hydroxylation is 3. The van der Waals surface area contributed by atoms with Gasteiger partial charge in [0.05, 0.1) is 94.7 Å². The highest BCUT2D eigenvalue weighted by atomic mass is 32.5. The van der Waals surface area contributed by atoms with E-state index < -0.39 is 223 Å². The number of imidazole rings is 3. The van der Waals surface area contributed by atoms with Crippen LogP contribution in [-0.2, 0) is 154 Å². The van der Waals surface area contributed by atoms with Crippen LogP contribution in [0.15, 0.2) is 83.8 Å². The van der Waals surface area contributed by atoms with E-state index in [1.807, 2.05) is 0 Å². The first-order chi connectivity index (χ1) is 59.5. The molecule has 6 fully saturated rings. The maximum Gasteiger partial charge on any atom is 0.330 e. The molecule has 6 saturated heterocycles. The number of fused-ring (bicyclic) bond motifs is 3. The Labute approximate surface area is 737 Å². The van der Waals surface area contributed by atoms with Gasteiger partial charge in [-0.2, -0.15) is 4.98 Å². The van der Waals surface area contributed by atoms with Crippen LogP contribution in [-0.4, -0.2) is 230 Å². The van der Waals surface area contributed by atoms with E-state index in [0.29, 0.717) is 6.42 Å². The Kier molecular flexibility index (Phi) is 28.4. The fourth-order valence-corrected chi connectivity index (χ4v) is 23.1. The van der Waals surface area contributed by atoms with Crippen LogP contribution in [0.1, 0.15) is 106 Å². The van der Waals surface area contributed by atoms with E-state index in [1.54, 1.807) is 6.92 Å². The summed E-state index contributed by atoms with van der Waals surface area (Å²) in [5.74, 6) is -0.144. The van der Waals surface area contributed by atoms with Crippen molar-refractivity contribution in [2.75, 3.05) is 57.3 Å². The fourth-order valence-electron chi connectivity index (χ4n) is 14.8. The van der Waals surface area contributed by atoms with Gasteiger partial charge in [-0.3, -0.25) is 66.5 Å². The molecule has 9 aromatic heterocycles. The number of hydrogen-bond acceptors (Lipinski definition) is 42. The maximum atomic E-state index is 13.5. The molecule has 0 aromatic carbocycles. The SMILES string of the molecule is CC[C@H]1O[C@@H](n2cnc3c(=O)[nH]c(N)nc32)C[C@H]1OP(O)(=S)OC[C@H]1O[C@@H](n2cc(C)c(=O)[nH]c2=O)C[C@H]1OP(O)(=S)OC[C@H]1O[C@@H](n2cnc3c(N)ncnc32)C[C@H]1OP(O)(=S)OC[C@H]1O[C@@H](n2cc(C)c(=O)[nH]c2=O)C[C@H]1OP(O)(=S)OC[C@H]1O[C@@H](n2cnc3c(N)ncnc32)C[C@H]1OP(O)(=S)OC[C@H]1O[C@@H](n2cc(C)c(=O)[nH]c2=O)C[C@H]1OP(O)(=S)OC. The zero-order valence-electron chi connectivity index (χ0n) is 66.0. The number of aromatic amines is 4. The van der Waals surface area contributed by atoms with E-state index in [2.05, 4.69) is 59.8 Å². The highest BCUT2D eigenvalue weighted by molar-refractivity contribution is 8.08. The number of nitrogens with one attached hydrogen (secondary N) is 4. The number of nitrogens with zero attached hydrogens (tertiary/aromatic N) is 14. The molecule has 0 bridgehead atoms. The fraction of sp³-hybridized carbons (Fsp3) is 0.565. The van der Waals surface area contributed by atoms with Gasteiger partial charge in [-0.05, 0) is 98.0 Å². The van der Waals surface area contributed by atoms with Crippen LogP contribution in [0.2, 0.25) is 0 Å². The summed E-state index contributed by atoms with van der Waals surface area (Å²) < 4.78 is 117. The van der Waals surface area contributed by atoms with Crippen molar-refractivity contribution in [2.45, 2.75) is 183 Å². The molecule has 52 nitrogen and oxygen atoms in total. The second-order valence-corrected chi connectivity index (χ2v) is 46.2. The lowest BCUT2D eigenvalue weighted by Gasteiger charge is -2.28. The Morgan fingerprint density at radius 1 is 0.381 bits per heavy atom. The Hall–Kier alpha value is -6.17. The van der Waals surface area contributed by atoms with Gasteiger partial charge in [0.15, 0.2) is 34.1 Å². The average molecular weight is 1990 g/mol. The van der Waals surface area contributed by atoms with Crippen LogP contribution in [0.5, 0.6) is 0 Å². The molecule has 686 valence electrons. The van der Waals surface area contributed by atoms with Gasteiger partial charge in [0.25, 0.3) is 22.2 Å². The summed E-state index contributed by atoms with van der Waals surface area (Å²) in [5.41, 5.74) is 14.0. The van der Waals surface area contributed by atoms with Crippen molar-refractivity contribution >= 4 is 162 Å². The number of H-pyrrole nitrogens is 4. The minimum atomic E-state index is -4.67. The summed E-state index contributed by atoms with van der Waals surface area (Å²) in [5, 5.41) is 0. The molecular weight excluding hydrogens is 1910 g/mol. The zero-order valence-corrected chi connectivity index (χ0v) is 76.3. The van der Waals surface area contributed by atoms with Crippen molar-refractivity contribution < 1.29 is 112 Å². The van der Waals surface area contributed by atoms with Gasteiger partial charge in [-0.15, -0.1) is 0 Å². The van der Waals surface area contributed by atoms with Gasteiger partial charge in [-0.25, -0.2) is 49.3 Å². The summed E-state index contributed by atoms with van der Waals surface area (Å²) >= 11 is 33.3. The minimum Gasteiger partial charge on any atom is -0.382 e. The Bertz CT molecular complexity index is 6400. The molecule has 15 rings (SSSR count). The van der Waals surface area contributed by atoms with Crippen LogP contribution in [0.4, 0.5) is 17.6 Å². The predicted molar refractivity (Wildman–Crippen MR) is 457 cm³/mol. The predicted octanol–water partition coefficient (Wildman–Crippen LogP) is 0.598. The van der Waals surface area contributed by atoms with E-state index in [1.165, 1.54) is 84.7 Å². The Morgan fingerprint density at radius 3 is 0.952 bits per heavy atom. The van der Waals surface area contributed by atoms with Crippen molar-refractivity contribution in [3.63, 3.8) is 0 Å². The number of ether oxygens (including phenoxy) is 6. The van der Waals surface area contributed by atoms with Gasteiger partial charge >= 0.3 is 57.4 Å². The molecule has 126 heavy (non-hydrogen) atoms. The highest BCUT2D eigenvalue weighted by Crippen LogP contribution is 2.58. The van der Waals surface area contributed by atoms with Gasteiger partial charge in [0.1, 0.15) is 91.6 Å². The molecule has 9 aromatic rings. The van der Waals surface area contributed by atoms with Crippen LogP contribution in [0, 0.1) is 20.8 Å². The summed E-state index contributed by atoms with van der Waals surface area (Å²) in [6.07, 6.45) is -12.5. The van der Waals surface area contributed by atoms with Crippen LogP contribution in [0.25, 0.3) is 33.5 Å². The molecule has 64 heteroatoms. The average Bonchev–Trinajstić information content (AvgIpc) is 1.62. The largest absolute Gasteiger partial charge is 0.382 e. The first kappa shape index (κ1) is 94.5. The van der Waals surface area contributed by atoms with Gasteiger partial charge in [-0.1, -0.05) is 6.92 Å². The van der Waals surface area contributed by atoms with Crippen molar-refractivity contribution in [2.24, 2.45) is 0 Å². The first-order valence-corrected chi connectivity index (χ1v) is 53.4. The molecule has 6 aliphatic heterocycles. The molecular formula is C62H81N21O31P6S6. The molecule has 15 heterocycles. The Morgan fingerprint density at radius 2 is 0.651 bits per heavy atom. The van der Waals surface area contributed by atoms with Crippen molar-refractivity contribution in [1.29, 1.82) is 0 Å². The summed E-state index contributed by atoms with van der Waals surface area (Å²) in [4.78, 5) is 204. The number of rotatable bonds is 35. The van der Waals surface area contributed by atoms with Gasteiger partial charge in [0, 0.05) is 80.9 Å². The highest BCUT2D eigenvalue weighted by Gasteiger charge is 2.50. The summed E-state index contributed by atoms with van der Waals surface area (Å²) in [6, 6.07) is 0. The van der Waals surface area contributed by atoms with Crippen LogP contribution in [0.3, 0.4) is 0 Å². The lowest BCUT2D eigenvalue weighted by Crippen LogP contribution is -2.33. The molecule has 24 atom stereocenters. The lowest BCUT2D eigenvalue weighted by molar-refractivity contribution is -0.0567. The van der Waals surface area contributed by atoms with Crippen LogP contribution < -0.4 is 56.5 Å². The second kappa shape index (κ2) is 37.8. The Balaban J connectivity index is 0.638. The van der Waals surface area contributed by atoms with Gasteiger partial charge < -0.3 is 129 Å². The molecule has 16 N–H and O–H groups in total. The minimum absolute atomic E-state index is 0.00464. The summed E-state index contributed by atoms with van der Waals surface area (Å²) in [7, 11) is 1.11. The summed E-state index contributed by atoms with van der Waals surface area (Å²) in [6.45, 7) is -24.0. The quantitative estimate of drug-likeness (QED) is 0.0242. The molecule has 0 radical (unpaired) electrons. The van der Waals surface area contributed by atoms with E-state index in [0.717, 1.165) is 20.8 Å². The normalized spacial score (nSPS) is 29.4. The smallest absolute Gasteiger partial charge is 0.330 e. The van der Waals surface area contributed by atoms with E-state index in [4.69, 9.17) is 171 Å². The number of anilines is 3. The number of nitrogen functional groups attached to an aromatic ring is 3. The molecule has 0 amide bonds. The third kappa shape index (κ3) is 21.4. The second-order valence-electron chi connectivity index (χ2n) is 29.3. The zero-order chi connectivity index (χ0) is 90.2. The maximum absolute atomic E-state index is 13.5. The van der Waals surface area contributed by atoms with E-state index >= 15 is 0 Å². The first-order valence-electron chi connectivity index (χ1n) is 37.8. The standard InChI is InChI=1S/C62H81N21O31P6S6/c1-6-29-30(7-46(103-29)83-25-72-49-54(83)73-59(65)74-58(49)87)110-116(92,122)98-17-37-32(9-42(105-37)79-14-27(3)56(85)76-61(79)89)111-117(93,123)101-20-40-35(12-45(108-40)82-24-71-48-51(64)67-22-69-53(48)82)114-120(96,126)100-18-38-33(10-43(106-38)80-15-28(4)57(86)77-62(80)90)112-118(94,124)102-19-39-34(11-44(107-39)81-23-70-47-50(63)66-21-68-52(47)81)113-119(95,125)99-16-36-31(109-115(91,121)97-5)8-41(104-36)78-13-26(2)55(84)75-60(78)88/h13-15,21-25,29-46H,6-12,16-20H2,1-5H3,(H,91,121)(H,92,122)(H,93,123)(H,94,124)(H,95,125)(H,96,126)(H2,63,66,68)(H2,64,67,69)(H,75,84,88)(H,76,85,89)(H,77,86,90)(H3,65,73,74,87)/t29-,30-,31-,32-,33-,34-,35-,36-,37-,38-,39-,40-,41-,42-,43-,44-,45-,46-,115?,116?,117?,118?,119?,120?/m1/s1. The van der Waals surface area contributed by atoms with Crippen molar-refractivity contribution in [1.82, 2.24) is 87.2 Å². The van der Waals surface area contributed by atoms with E-state index in [9.17, 15) is 62.9 Å². The molecule has 0 saturated carbocycles. The van der Waals surface area contributed by atoms with Gasteiger partial charge in [0.2, 0.25) is 5.95 Å². The van der Waals surface area contributed by atoms with Crippen molar-refractivity contribution in [3.8, 4) is 0 Å². The molecule has 0 spiro atoms. The third-order valence-electron chi connectivity index (χ3n) is 20.9. The number of nitrogens with two attached hydrogens (primary N) is 3. The lowest BCUT2D eigenvalue weighted by atomic mass is 10.1. The number of hydrogen-bond donors (Lipinski definition) is 13. The molecule has 6 aliphatic rings. The van der Waals surface area contributed by atoms with Crippen LogP contribution >= 0.6 is 40.3 Å². The van der Waals surface area contributed by atoms with Crippen molar-refractivity contribution in [3.05, 3.63) is 140 Å². The number of aromatic nitrogens is 18. The molecule has 6 unspecified atom stereocenters. The molecule has 0 aliphatic carbocycles. The monoisotopic (exact) mass is 1990 g/mol.